The molecule has 0 heterocycles. The van der Waals surface area contributed by atoms with Gasteiger partial charge in [-0.25, -0.2) is 5.43 Å². The predicted molar refractivity (Wildman–Crippen MR) is 76.3 cm³/mol. The van der Waals surface area contributed by atoms with E-state index in [1.54, 1.807) is 0 Å². The van der Waals surface area contributed by atoms with E-state index in [1.807, 2.05) is 5.43 Å². The van der Waals surface area contributed by atoms with Crippen LogP contribution < -0.4 is 5.43 Å². The van der Waals surface area contributed by atoms with Gasteiger partial charge in [-0.15, -0.1) is 0 Å². The van der Waals surface area contributed by atoms with Gasteiger partial charge in [0, 0.05) is 11.1 Å². The average molecular weight is 324 g/mol. The summed E-state index contributed by atoms with van der Waals surface area (Å²) in [6, 6.07) is 7.57. The molecule has 0 spiro atoms. The van der Waals surface area contributed by atoms with Crippen molar-refractivity contribution in [2.75, 3.05) is 0 Å². The Balaban J connectivity index is 2.11. The van der Waals surface area contributed by atoms with Gasteiger partial charge in [-0.2, -0.15) is 18.3 Å². The van der Waals surface area contributed by atoms with E-state index in [4.69, 9.17) is 0 Å². The lowest BCUT2D eigenvalue weighted by atomic mass is 10.1. The highest BCUT2D eigenvalue weighted by Crippen LogP contribution is 2.29. The van der Waals surface area contributed by atoms with E-state index in [9.17, 15) is 28.2 Å². The molecule has 0 aromatic heterocycles. The van der Waals surface area contributed by atoms with Gasteiger partial charge in [0.05, 0.1) is 11.8 Å². The molecule has 0 bridgehead atoms. The summed E-state index contributed by atoms with van der Waals surface area (Å²) in [6.45, 7) is 0. The molecule has 120 valence electrons. The smallest absolute Gasteiger partial charge is 0.416 e. The van der Waals surface area contributed by atoms with Crippen molar-refractivity contribution in [2.24, 2.45) is 5.10 Å². The number of halogens is 3. The largest absolute Gasteiger partial charge is 0.508 e. The van der Waals surface area contributed by atoms with Gasteiger partial charge < -0.3 is 10.2 Å². The zero-order valence-corrected chi connectivity index (χ0v) is 11.5. The van der Waals surface area contributed by atoms with Gasteiger partial charge in [0.2, 0.25) is 0 Å². The van der Waals surface area contributed by atoms with Gasteiger partial charge >= 0.3 is 6.18 Å². The van der Waals surface area contributed by atoms with Crippen LogP contribution in [0.3, 0.4) is 0 Å². The molecular weight excluding hydrogens is 313 g/mol. The van der Waals surface area contributed by atoms with Crippen molar-refractivity contribution in [3.05, 3.63) is 59.2 Å². The fraction of sp³-hybridized carbons (Fsp3) is 0.0667. The normalized spacial score (nSPS) is 11.6. The van der Waals surface area contributed by atoms with E-state index in [2.05, 4.69) is 5.10 Å². The van der Waals surface area contributed by atoms with Crippen LogP contribution in [0.5, 0.6) is 11.5 Å². The summed E-state index contributed by atoms with van der Waals surface area (Å²) in [5.74, 6) is -1.14. The zero-order valence-electron chi connectivity index (χ0n) is 11.5. The fourth-order valence-electron chi connectivity index (χ4n) is 1.71. The van der Waals surface area contributed by atoms with Crippen molar-refractivity contribution in [2.45, 2.75) is 6.18 Å². The molecule has 8 heteroatoms. The van der Waals surface area contributed by atoms with Crippen LogP contribution >= 0.6 is 0 Å². The molecule has 0 unspecified atom stereocenters. The number of hydrogen-bond donors (Lipinski definition) is 3. The number of phenols is 2. The Morgan fingerprint density at radius 1 is 1.13 bits per heavy atom. The number of rotatable bonds is 3. The molecule has 0 aliphatic rings. The zero-order chi connectivity index (χ0) is 17.0. The van der Waals surface area contributed by atoms with Crippen molar-refractivity contribution in [1.29, 1.82) is 0 Å². The van der Waals surface area contributed by atoms with Gasteiger partial charge in [-0.1, -0.05) is 6.07 Å². The predicted octanol–water partition coefficient (Wildman–Crippen LogP) is 2.88. The van der Waals surface area contributed by atoms with E-state index in [0.29, 0.717) is 6.07 Å². The van der Waals surface area contributed by atoms with E-state index >= 15 is 0 Å². The first-order valence-corrected chi connectivity index (χ1v) is 6.30. The molecule has 1 amide bonds. The lowest BCUT2D eigenvalue weighted by Crippen LogP contribution is -2.18. The summed E-state index contributed by atoms with van der Waals surface area (Å²) in [7, 11) is 0. The number of alkyl halides is 3. The summed E-state index contributed by atoms with van der Waals surface area (Å²) in [5, 5.41) is 22.3. The molecule has 0 atom stereocenters. The second kappa shape index (κ2) is 6.39. The molecule has 3 N–H and O–H groups in total. The van der Waals surface area contributed by atoms with E-state index in [1.165, 1.54) is 24.3 Å². The molecule has 0 fully saturated rings. The van der Waals surface area contributed by atoms with Gasteiger partial charge in [0.1, 0.15) is 11.5 Å². The molecule has 0 radical (unpaired) electrons. The maximum atomic E-state index is 12.6. The number of nitrogens with zero attached hydrogens (tertiary/aromatic N) is 1. The second-order valence-corrected chi connectivity index (χ2v) is 4.52. The molecule has 0 saturated carbocycles. The number of aromatic hydroxyl groups is 2. The second-order valence-electron chi connectivity index (χ2n) is 4.52. The van der Waals surface area contributed by atoms with Crippen LogP contribution in [0, 0.1) is 0 Å². The minimum Gasteiger partial charge on any atom is -0.508 e. The average Bonchev–Trinajstić information content (AvgIpc) is 2.50. The lowest BCUT2D eigenvalue weighted by molar-refractivity contribution is -0.137. The third kappa shape index (κ3) is 4.22. The number of hydrazone groups is 1. The highest BCUT2D eigenvalue weighted by molar-refractivity contribution is 5.95. The fourth-order valence-corrected chi connectivity index (χ4v) is 1.71. The molecular formula is C15H11F3N2O3. The first-order valence-electron chi connectivity index (χ1n) is 6.30. The van der Waals surface area contributed by atoms with Crippen LogP contribution in [0.2, 0.25) is 0 Å². The summed E-state index contributed by atoms with van der Waals surface area (Å²) >= 11 is 0. The molecule has 5 nitrogen and oxygen atoms in total. The van der Waals surface area contributed by atoms with E-state index in [-0.39, 0.29) is 22.6 Å². The maximum Gasteiger partial charge on any atom is 0.416 e. The highest BCUT2D eigenvalue weighted by atomic mass is 19.4. The number of amides is 1. The SMILES string of the molecule is O=C(NN=Cc1cc(O)ccc1O)c1cccc(C(F)(F)F)c1. The Kier molecular flexibility index (Phi) is 4.54. The van der Waals surface area contributed by atoms with Crippen LogP contribution in [-0.2, 0) is 6.18 Å². The maximum absolute atomic E-state index is 12.6. The quantitative estimate of drug-likeness (QED) is 0.461. The molecule has 0 saturated heterocycles. The summed E-state index contributed by atoms with van der Waals surface area (Å²) in [6.07, 6.45) is -3.49. The number of hydrogen-bond acceptors (Lipinski definition) is 4. The van der Waals surface area contributed by atoms with Gasteiger partial charge in [-0.3, -0.25) is 4.79 Å². The van der Waals surface area contributed by atoms with Gasteiger partial charge in [-0.05, 0) is 36.4 Å². The number of phenolic OH excluding ortho intramolecular Hbond substituents is 2. The first kappa shape index (κ1) is 16.3. The summed E-state index contributed by atoms with van der Waals surface area (Å²) < 4.78 is 37.7. The number of carbonyl (C=O) groups is 1. The Labute approximate surface area is 128 Å². The molecule has 2 rings (SSSR count). The van der Waals surface area contributed by atoms with Crippen molar-refractivity contribution in [3.8, 4) is 11.5 Å². The van der Waals surface area contributed by atoms with Crippen LogP contribution in [0.1, 0.15) is 21.5 Å². The van der Waals surface area contributed by atoms with Crippen molar-refractivity contribution in [3.63, 3.8) is 0 Å². The monoisotopic (exact) mass is 324 g/mol. The molecule has 0 aliphatic carbocycles. The molecule has 2 aromatic rings. The number of benzene rings is 2. The molecule has 23 heavy (non-hydrogen) atoms. The third-order valence-corrected chi connectivity index (χ3v) is 2.83. The summed E-state index contributed by atoms with van der Waals surface area (Å²) in [4.78, 5) is 11.8. The van der Waals surface area contributed by atoms with Crippen LogP contribution in [0.15, 0.2) is 47.6 Å². The van der Waals surface area contributed by atoms with E-state index in [0.717, 1.165) is 18.3 Å². The lowest BCUT2D eigenvalue weighted by Gasteiger charge is -2.07. The van der Waals surface area contributed by atoms with Crippen molar-refractivity contribution in [1.82, 2.24) is 5.43 Å². The number of carbonyl (C=O) groups excluding carboxylic acids is 1. The Morgan fingerprint density at radius 2 is 1.87 bits per heavy atom. The number of nitrogens with one attached hydrogen (secondary N) is 1. The Morgan fingerprint density at radius 3 is 2.57 bits per heavy atom. The molecule has 0 aliphatic heterocycles. The molecule has 2 aromatic carbocycles. The first-order chi connectivity index (χ1) is 10.8. The summed E-state index contributed by atoms with van der Waals surface area (Å²) in [5.41, 5.74) is 1.02. The third-order valence-electron chi connectivity index (χ3n) is 2.83. The Hall–Kier alpha value is -3.03. The van der Waals surface area contributed by atoms with Crippen molar-refractivity contribution >= 4 is 12.1 Å². The van der Waals surface area contributed by atoms with Crippen LogP contribution in [0.25, 0.3) is 0 Å². The highest BCUT2D eigenvalue weighted by Gasteiger charge is 2.30. The van der Waals surface area contributed by atoms with Gasteiger partial charge in [0.25, 0.3) is 5.91 Å². The minimum atomic E-state index is -4.55. The van der Waals surface area contributed by atoms with Crippen LogP contribution in [-0.4, -0.2) is 22.3 Å². The van der Waals surface area contributed by atoms with E-state index < -0.39 is 17.6 Å². The Bertz CT molecular complexity index is 758. The topological polar surface area (TPSA) is 81.9 Å². The van der Waals surface area contributed by atoms with Crippen LogP contribution in [0.4, 0.5) is 13.2 Å². The van der Waals surface area contributed by atoms with Gasteiger partial charge in [0.15, 0.2) is 0 Å². The minimum absolute atomic E-state index is 0.117. The van der Waals surface area contributed by atoms with Crippen molar-refractivity contribution < 1.29 is 28.2 Å². The standard InChI is InChI=1S/C15H11F3N2O3/c16-15(17,18)11-3-1-2-9(6-11)14(23)20-19-8-10-7-12(21)4-5-13(10)22/h1-8,21-22H,(H,20,23).